The molecule has 3 rings (SSSR count). The average molecular weight is 332 g/mol. The first-order valence-electron chi connectivity index (χ1n) is 7.96. The predicted molar refractivity (Wildman–Crippen MR) is 85.3 cm³/mol. The van der Waals surface area contributed by atoms with Crippen LogP contribution in [0.2, 0.25) is 0 Å². The number of benzene rings is 1. The third-order valence-electron chi connectivity index (χ3n) is 4.07. The van der Waals surface area contributed by atoms with Crippen molar-refractivity contribution < 1.29 is 28.5 Å². The molecule has 0 saturated carbocycles. The molecule has 24 heavy (non-hydrogen) atoms. The molecule has 1 fully saturated rings. The molecule has 0 radical (unpaired) electrons. The summed E-state index contributed by atoms with van der Waals surface area (Å²) in [5.74, 6) is -1.53. The average Bonchev–Trinajstić information content (AvgIpc) is 2.82. The highest BCUT2D eigenvalue weighted by Gasteiger charge is 2.53. The first kappa shape index (κ1) is 16.5. The molecule has 0 N–H and O–H groups in total. The summed E-state index contributed by atoms with van der Waals surface area (Å²) in [4.78, 5) is 23.0. The van der Waals surface area contributed by atoms with E-state index in [1.54, 1.807) is 19.1 Å². The van der Waals surface area contributed by atoms with E-state index in [4.69, 9.17) is 18.9 Å². The number of rotatable bonds is 3. The molecule has 2 heterocycles. The molecular weight excluding hydrogens is 312 g/mol. The normalized spacial score (nSPS) is 24.8. The van der Waals surface area contributed by atoms with Crippen LogP contribution >= 0.6 is 0 Å². The van der Waals surface area contributed by atoms with E-state index in [0.29, 0.717) is 17.9 Å². The fourth-order valence-electron chi connectivity index (χ4n) is 3.03. The third kappa shape index (κ3) is 2.78. The zero-order valence-corrected chi connectivity index (χ0v) is 14.2. The highest BCUT2D eigenvalue weighted by molar-refractivity contribution is 5.78. The Hall–Kier alpha value is -2.34. The molecule has 0 bridgehead atoms. The Kier molecular flexibility index (Phi) is 4.09. The minimum atomic E-state index is -1.53. The minimum absolute atomic E-state index is 0.138. The lowest BCUT2D eigenvalue weighted by atomic mass is 9.94. The van der Waals surface area contributed by atoms with E-state index in [1.807, 2.05) is 19.9 Å². The minimum Gasteiger partial charge on any atom is -0.426 e. The van der Waals surface area contributed by atoms with Gasteiger partial charge in [-0.25, -0.2) is 0 Å². The maximum atomic E-state index is 11.6. The second-order valence-electron chi connectivity index (χ2n) is 5.97. The van der Waals surface area contributed by atoms with Crippen molar-refractivity contribution in [2.24, 2.45) is 0 Å². The first-order valence-corrected chi connectivity index (χ1v) is 7.96. The molecular formula is C18H20O6. The number of fused-ring (bicyclic) bond motifs is 2. The van der Waals surface area contributed by atoms with Crippen molar-refractivity contribution in [3.05, 3.63) is 29.3 Å². The molecule has 6 nitrogen and oxygen atoms in total. The van der Waals surface area contributed by atoms with Crippen molar-refractivity contribution in [3.8, 4) is 11.5 Å². The van der Waals surface area contributed by atoms with Crippen LogP contribution in [0.15, 0.2) is 23.8 Å². The quantitative estimate of drug-likeness (QED) is 0.625. The zero-order chi connectivity index (χ0) is 17.5. The van der Waals surface area contributed by atoms with Gasteiger partial charge in [0.15, 0.2) is 0 Å². The lowest BCUT2D eigenvalue weighted by Gasteiger charge is -2.34. The van der Waals surface area contributed by atoms with Gasteiger partial charge in [-0.3, -0.25) is 9.59 Å². The van der Waals surface area contributed by atoms with Crippen molar-refractivity contribution >= 4 is 17.5 Å². The van der Waals surface area contributed by atoms with Gasteiger partial charge < -0.3 is 18.9 Å². The van der Waals surface area contributed by atoms with Gasteiger partial charge in [0.1, 0.15) is 11.5 Å². The number of esters is 2. The van der Waals surface area contributed by atoms with Gasteiger partial charge in [-0.05, 0) is 31.6 Å². The number of carbonyl (C=O) groups excluding carboxylic acids is 2. The van der Waals surface area contributed by atoms with Gasteiger partial charge in [0.25, 0.3) is 0 Å². The summed E-state index contributed by atoms with van der Waals surface area (Å²) in [6.07, 6.45) is 0.755. The molecule has 2 atom stereocenters. The second kappa shape index (κ2) is 5.94. The molecule has 0 unspecified atom stereocenters. The lowest BCUT2D eigenvalue weighted by Crippen LogP contribution is -2.44. The zero-order valence-electron chi connectivity index (χ0n) is 14.2. The SMILES string of the molecule is CCC(=O)Oc1ccc2c(c1)O[C@@]1(OC(C)=O)O[C@@H](C)CC1=C2C. The second-order valence-corrected chi connectivity index (χ2v) is 5.97. The van der Waals surface area contributed by atoms with Crippen molar-refractivity contribution in [1.82, 2.24) is 0 Å². The molecule has 2 aliphatic rings. The van der Waals surface area contributed by atoms with Gasteiger partial charge in [-0.2, -0.15) is 0 Å². The van der Waals surface area contributed by atoms with Crippen molar-refractivity contribution in [2.75, 3.05) is 0 Å². The summed E-state index contributed by atoms with van der Waals surface area (Å²) in [6.45, 7) is 6.87. The molecule has 6 heteroatoms. The van der Waals surface area contributed by atoms with Gasteiger partial charge >= 0.3 is 17.9 Å². The molecule has 1 saturated heterocycles. The maximum absolute atomic E-state index is 11.6. The monoisotopic (exact) mass is 332 g/mol. The fourth-order valence-corrected chi connectivity index (χ4v) is 3.03. The van der Waals surface area contributed by atoms with Crippen LogP contribution in [0, 0.1) is 0 Å². The Morgan fingerprint density at radius 3 is 2.79 bits per heavy atom. The van der Waals surface area contributed by atoms with Crippen LogP contribution in [-0.2, 0) is 19.1 Å². The van der Waals surface area contributed by atoms with Crippen LogP contribution in [0.4, 0.5) is 0 Å². The van der Waals surface area contributed by atoms with Crippen LogP contribution in [0.5, 0.6) is 11.5 Å². The van der Waals surface area contributed by atoms with Crippen molar-refractivity contribution in [1.29, 1.82) is 0 Å². The van der Waals surface area contributed by atoms with E-state index in [1.165, 1.54) is 6.92 Å². The first-order chi connectivity index (χ1) is 11.3. The number of ether oxygens (including phenoxy) is 4. The number of hydrogen-bond acceptors (Lipinski definition) is 6. The van der Waals surface area contributed by atoms with Gasteiger partial charge in [-0.15, -0.1) is 0 Å². The Labute approximate surface area is 140 Å². The lowest BCUT2D eigenvalue weighted by molar-refractivity contribution is -0.295. The predicted octanol–water partition coefficient (Wildman–Crippen LogP) is 3.19. The van der Waals surface area contributed by atoms with E-state index in [0.717, 1.165) is 16.7 Å². The van der Waals surface area contributed by atoms with Crippen LogP contribution in [0.25, 0.3) is 5.57 Å². The van der Waals surface area contributed by atoms with Gasteiger partial charge in [-0.1, -0.05) is 6.92 Å². The summed E-state index contributed by atoms with van der Waals surface area (Å²) in [6, 6.07) is 5.16. The van der Waals surface area contributed by atoms with E-state index in [9.17, 15) is 9.59 Å². The van der Waals surface area contributed by atoms with Gasteiger partial charge in [0.05, 0.1) is 11.7 Å². The molecule has 1 aromatic carbocycles. The van der Waals surface area contributed by atoms with Crippen LogP contribution < -0.4 is 9.47 Å². The molecule has 0 aliphatic carbocycles. The standard InChI is InChI=1S/C18H20O6/c1-5-17(20)21-13-6-7-14-11(3)15-8-10(2)22-18(15,23-12(4)19)24-16(14)9-13/h6-7,9-10H,5,8H2,1-4H3/t10-,18+/m0/s1. The topological polar surface area (TPSA) is 71.1 Å². The fraction of sp³-hybridized carbons (Fsp3) is 0.444. The van der Waals surface area contributed by atoms with E-state index in [-0.39, 0.29) is 18.5 Å². The van der Waals surface area contributed by atoms with E-state index >= 15 is 0 Å². The maximum Gasteiger partial charge on any atom is 0.400 e. The summed E-state index contributed by atoms with van der Waals surface area (Å²) < 4.78 is 22.4. The Bertz CT molecular complexity index is 735. The van der Waals surface area contributed by atoms with Crippen molar-refractivity contribution in [2.45, 2.75) is 52.6 Å². The van der Waals surface area contributed by atoms with E-state index in [2.05, 4.69) is 0 Å². The summed E-state index contributed by atoms with van der Waals surface area (Å²) >= 11 is 0. The molecule has 0 aromatic heterocycles. The number of carbonyl (C=O) groups is 2. The van der Waals surface area contributed by atoms with Crippen molar-refractivity contribution in [3.63, 3.8) is 0 Å². The third-order valence-corrected chi connectivity index (χ3v) is 4.07. The molecule has 128 valence electrons. The van der Waals surface area contributed by atoms with Gasteiger partial charge in [0.2, 0.25) is 0 Å². The van der Waals surface area contributed by atoms with Crippen LogP contribution in [0.1, 0.15) is 46.1 Å². The highest BCUT2D eigenvalue weighted by atomic mass is 16.9. The van der Waals surface area contributed by atoms with E-state index < -0.39 is 11.9 Å². The molecule has 0 amide bonds. The Morgan fingerprint density at radius 2 is 2.12 bits per heavy atom. The summed E-state index contributed by atoms with van der Waals surface area (Å²) in [5, 5.41) is 0. The number of allylic oxidation sites excluding steroid dienone is 1. The smallest absolute Gasteiger partial charge is 0.400 e. The Balaban J connectivity index is 2.03. The van der Waals surface area contributed by atoms with Crippen LogP contribution in [-0.4, -0.2) is 24.0 Å². The molecule has 1 aromatic rings. The number of hydrogen-bond donors (Lipinski definition) is 0. The largest absolute Gasteiger partial charge is 0.426 e. The summed E-state index contributed by atoms with van der Waals surface area (Å²) in [7, 11) is 0. The van der Waals surface area contributed by atoms with Crippen LogP contribution in [0.3, 0.4) is 0 Å². The molecule has 0 spiro atoms. The highest BCUT2D eigenvalue weighted by Crippen LogP contribution is 2.49. The molecule has 2 aliphatic heterocycles. The van der Waals surface area contributed by atoms with Gasteiger partial charge in [0, 0.05) is 31.4 Å². The summed E-state index contributed by atoms with van der Waals surface area (Å²) in [5.41, 5.74) is 2.60. The Morgan fingerprint density at radius 1 is 1.38 bits per heavy atom.